The summed E-state index contributed by atoms with van der Waals surface area (Å²) in [5.74, 6) is -1.21. The van der Waals surface area contributed by atoms with E-state index >= 15 is 0 Å². The predicted octanol–water partition coefficient (Wildman–Crippen LogP) is 0.846. The summed E-state index contributed by atoms with van der Waals surface area (Å²) in [5.41, 5.74) is 5.80. The highest BCUT2D eigenvalue weighted by Gasteiger charge is 2.35. The van der Waals surface area contributed by atoms with Crippen molar-refractivity contribution in [1.82, 2.24) is 9.80 Å². The minimum absolute atomic E-state index is 0.287. The lowest BCUT2D eigenvalue weighted by molar-refractivity contribution is -0.124. The van der Waals surface area contributed by atoms with Gasteiger partial charge < -0.3 is 10.6 Å². The highest BCUT2D eigenvalue weighted by molar-refractivity contribution is 5.97. The number of primary amides is 1. The second-order valence-electron chi connectivity index (χ2n) is 5.51. The molecule has 1 aromatic carbocycles. The Morgan fingerprint density at radius 3 is 2.38 bits per heavy atom. The fourth-order valence-electron chi connectivity index (χ4n) is 2.52. The third-order valence-corrected chi connectivity index (χ3v) is 3.82. The predicted molar refractivity (Wildman–Crippen MR) is 77.1 cm³/mol. The average Bonchev–Trinajstić information content (AvgIpc) is 2.46. The molecule has 2 N–H and O–H groups in total. The lowest BCUT2D eigenvalue weighted by atomic mass is 10.1. The van der Waals surface area contributed by atoms with Crippen LogP contribution in [0.25, 0.3) is 0 Å². The first-order chi connectivity index (χ1) is 9.90. The molecule has 1 aliphatic heterocycles. The number of amides is 2. The zero-order chi connectivity index (χ0) is 15.6. The molecule has 0 spiro atoms. The van der Waals surface area contributed by atoms with Crippen molar-refractivity contribution in [2.24, 2.45) is 5.73 Å². The van der Waals surface area contributed by atoms with E-state index < -0.39 is 17.8 Å². The molecular weight excluding hydrogens is 273 g/mol. The van der Waals surface area contributed by atoms with Crippen molar-refractivity contribution in [3.63, 3.8) is 0 Å². The van der Waals surface area contributed by atoms with Gasteiger partial charge in [-0.1, -0.05) is 0 Å². The molecule has 1 aromatic rings. The Balaban J connectivity index is 2.19. The van der Waals surface area contributed by atoms with Crippen LogP contribution < -0.4 is 5.73 Å². The Kier molecular flexibility index (Phi) is 4.57. The minimum atomic E-state index is -0.654. The van der Waals surface area contributed by atoms with Gasteiger partial charge in [-0.05, 0) is 38.1 Å². The van der Waals surface area contributed by atoms with Gasteiger partial charge in [-0.2, -0.15) is 0 Å². The number of nitrogens with two attached hydrogens (primary N) is 1. The van der Waals surface area contributed by atoms with Gasteiger partial charge in [-0.25, -0.2) is 4.39 Å². The zero-order valence-corrected chi connectivity index (χ0v) is 12.3. The number of hydrogen-bond acceptors (Lipinski definition) is 3. The number of rotatable bonds is 3. The first-order valence-corrected chi connectivity index (χ1v) is 7.00. The van der Waals surface area contributed by atoms with Gasteiger partial charge in [-0.15, -0.1) is 0 Å². The SMILES string of the molecule is CC(C)N1CCN(C(=O)c2ccc(F)cc2)[C@@H](C(N)=O)C1. The maximum atomic E-state index is 12.9. The topological polar surface area (TPSA) is 66.6 Å². The first kappa shape index (κ1) is 15.4. The van der Waals surface area contributed by atoms with Crippen LogP contribution in [0, 0.1) is 5.82 Å². The van der Waals surface area contributed by atoms with Gasteiger partial charge in [0.1, 0.15) is 11.9 Å². The van der Waals surface area contributed by atoms with Gasteiger partial charge in [0.25, 0.3) is 5.91 Å². The lowest BCUT2D eigenvalue weighted by Crippen LogP contribution is -2.60. The number of carbonyl (C=O) groups excluding carboxylic acids is 2. The number of halogens is 1. The van der Waals surface area contributed by atoms with Crippen LogP contribution in [0.2, 0.25) is 0 Å². The third kappa shape index (κ3) is 3.39. The molecule has 2 amide bonds. The monoisotopic (exact) mass is 293 g/mol. The van der Waals surface area contributed by atoms with Crippen molar-refractivity contribution in [2.45, 2.75) is 25.9 Å². The van der Waals surface area contributed by atoms with Crippen molar-refractivity contribution in [3.05, 3.63) is 35.6 Å². The van der Waals surface area contributed by atoms with Crippen LogP contribution >= 0.6 is 0 Å². The largest absolute Gasteiger partial charge is 0.368 e. The van der Waals surface area contributed by atoms with Crippen LogP contribution in [0.15, 0.2) is 24.3 Å². The maximum Gasteiger partial charge on any atom is 0.254 e. The molecule has 1 heterocycles. The molecule has 0 bridgehead atoms. The second-order valence-corrected chi connectivity index (χ2v) is 5.51. The summed E-state index contributed by atoms with van der Waals surface area (Å²) in [4.78, 5) is 27.7. The van der Waals surface area contributed by atoms with E-state index in [0.717, 1.165) is 0 Å². The van der Waals surface area contributed by atoms with Crippen molar-refractivity contribution in [2.75, 3.05) is 19.6 Å². The molecule has 2 rings (SSSR count). The van der Waals surface area contributed by atoms with Crippen LogP contribution in [-0.2, 0) is 4.79 Å². The average molecular weight is 293 g/mol. The molecule has 0 unspecified atom stereocenters. The van der Waals surface area contributed by atoms with Gasteiger partial charge >= 0.3 is 0 Å². The molecule has 1 atom stereocenters. The van der Waals surface area contributed by atoms with Crippen LogP contribution in [0.1, 0.15) is 24.2 Å². The van der Waals surface area contributed by atoms with Crippen LogP contribution in [0.3, 0.4) is 0 Å². The number of piperazine rings is 1. The molecular formula is C15H20FN3O2. The van der Waals surface area contributed by atoms with Crippen molar-refractivity contribution in [1.29, 1.82) is 0 Å². The van der Waals surface area contributed by atoms with E-state index in [4.69, 9.17) is 5.73 Å². The van der Waals surface area contributed by atoms with E-state index in [1.54, 1.807) is 0 Å². The van der Waals surface area contributed by atoms with Gasteiger partial charge in [0, 0.05) is 31.2 Å². The summed E-state index contributed by atoms with van der Waals surface area (Å²) in [6.07, 6.45) is 0. The van der Waals surface area contributed by atoms with Crippen LogP contribution in [0.4, 0.5) is 4.39 Å². The summed E-state index contributed by atoms with van der Waals surface area (Å²) in [7, 11) is 0. The van der Waals surface area contributed by atoms with E-state index in [9.17, 15) is 14.0 Å². The van der Waals surface area contributed by atoms with E-state index in [-0.39, 0.29) is 11.9 Å². The second kappa shape index (κ2) is 6.22. The highest BCUT2D eigenvalue weighted by Crippen LogP contribution is 2.16. The molecule has 1 saturated heterocycles. The molecule has 21 heavy (non-hydrogen) atoms. The Hall–Kier alpha value is -1.95. The molecule has 0 radical (unpaired) electrons. The Morgan fingerprint density at radius 2 is 1.86 bits per heavy atom. The summed E-state index contributed by atoms with van der Waals surface area (Å²) >= 11 is 0. The summed E-state index contributed by atoms with van der Waals surface area (Å²) in [6, 6.07) is 4.94. The molecule has 5 nitrogen and oxygen atoms in total. The highest BCUT2D eigenvalue weighted by atomic mass is 19.1. The first-order valence-electron chi connectivity index (χ1n) is 7.00. The normalized spacial score (nSPS) is 19.8. The van der Waals surface area contributed by atoms with E-state index in [2.05, 4.69) is 4.90 Å². The quantitative estimate of drug-likeness (QED) is 0.898. The molecule has 114 valence electrons. The zero-order valence-electron chi connectivity index (χ0n) is 12.3. The van der Waals surface area contributed by atoms with Gasteiger partial charge in [-0.3, -0.25) is 14.5 Å². The Morgan fingerprint density at radius 1 is 1.24 bits per heavy atom. The molecule has 0 aliphatic carbocycles. The molecule has 1 aliphatic rings. The van der Waals surface area contributed by atoms with E-state index in [1.807, 2.05) is 13.8 Å². The summed E-state index contributed by atoms with van der Waals surface area (Å²) < 4.78 is 12.9. The van der Waals surface area contributed by atoms with Gasteiger partial charge in [0.2, 0.25) is 5.91 Å². The number of benzene rings is 1. The fraction of sp³-hybridized carbons (Fsp3) is 0.467. The third-order valence-electron chi connectivity index (χ3n) is 3.82. The van der Waals surface area contributed by atoms with Crippen LogP contribution in [0.5, 0.6) is 0 Å². The van der Waals surface area contributed by atoms with Crippen LogP contribution in [-0.4, -0.2) is 53.3 Å². The molecule has 1 fully saturated rings. The number of carbonyl (C=O) groups is 2. The summed E-state index contributed by atoms with van der Waals surface area (Å²) in [5, 5.41) is 0. The molecule has 6 heteroatoms. The minimum Gasteiger partial charge on any atom is -0.368 e. The standard InChI is InChI=1S/C15H20FN3O2/c1-10(2)18-7-8-19(13(9-18)14(17)20)15(21)11-3-5-12(16)6-4-11/h3-6,10,13H,7-9H2,1-2H3,(H2,17,20)/t13-/m1/s1. The molecule has 0 saturated carbocycles. The summed E-state index contributed by atoms with van der Waals surface area (Å²) in [6.45, 7) is 5.63. The van der Waals surface area contributed by atoms with Gasteiger partial charge in [0.15, 0.2) is 0 Å². The van der Waals surface area contributed by atoms with Crippen molar-refractivity contribution in [3.8, 4) is 0 Å². The van der Waals surface area contributed by atoms with E-state index in [0.29, 0.717) is 25.2 Å². The Bertz CT molecular complexity index is 530. The Labute approximate surface area is 123 Å². The number of nitrogens with zero attached hydrogens (tertiary/aromatic N) is 2. The fourth-order valence-corrected chi connectivity index (χ4v) is 2.52. The number of hydrogen-bond donors (Lipinski definition) is 1. The van der Waals surface area contributed by atoms with E-state index in [1.165, 1.54) is 29.2 Å². The lowest BCUT2D eigenvalue weighted by Gasteiger charge is -2.41. The van der Waals surface area contributed by atoms with Crippen molar-refractivity contribution >= 4 is 11.8 Å². The molecule has 0 aromatic heterocycles. The van der Waals surface area contributed by atoms with Gasteiger partial charge in [0.05, 0.1) is 0 Å². The maximum absolute atomic E-state index is 12.9. The smallest absolute Gasteiger partial charge is 0.254 e. The van der Waals surface area contributed by atoms with Crippen molar-refractivity contribution < 1.29 is 14.0 Å².